The van der Waals surface area contributed by atoms with Crippen LogP contribution in [0.1, 0.15) is 45.6 Å². The van der Waals surface area contributed by atoms with Crippen LogP contribution in [-0.4, -0.2) is 73.9 Å². The standard InChI is InChI=1S/C29H39F3N4O2/c1-28(2,3)22-4-8-25(9-5-22)35-20-18-34(19-21-35)15-14-27(37)36-16-12-24(13-17-36)33-23-6-10-26(11-7-23)38-29(30,31)32/h4-11,24,33H,12-21H2,1-3H3. The van der Waals surface area contributed by atoms with Gasteiger partial charge in [-0.25, -0.2) is 0 Å². The monoisotopic (exact) mass is 532 g/mol. The van der Waals surface area contributed by atoms with Crippen molar-refractivity contribution in [3.63, 3.8) is 0 Å². The van der Waals surface area contributed by atoms with E-state index in [9.17, 15) is 18.0 Å². The maximum absolute atomic E-state index is 12.8. The molecule has 0 bridgehead atoms. The van der Waals surface area contributed by atoms with E-state index in [-0.39, 0.29) is 23.1 Å². The minimum absolute atomic E-state index is 0.153. The minimum Gasteiger partial charge on any atom is -0.406 e. The van der Waals surface area contributed by atoms with Crippen molar-refractivity contribution < 1.29 is 22.7 Å². The first kappa shape index (κ1) is 28.1. The molecule has 1 amide bonds. The molecular formula is C29H39F3N4O2. The van der Waals surface area contributed by atoms with Gasteiger partial charge in [-0.05, 0) is 60.2 Å². The maximum atomic E-state index is 12.8. The highest BCUT2D eigenvalue weighted by Crippen LogP contribution is 2.27. The Morgan fingerprint density at radius 2 is 1.50 bits per heavy atom. The zero-order valence-electron chi connectivity index (χ0n) is 22.6. The number of hydrogen-bond donors (Lipinski definition) is 1. The molecule has 208 valence electrons. The predicted octanol–water partition coefficient (Wildman–Crippen LogP) is 5.50. The van der Waals surface area contributed by atoms with Crippen molar-refractivity contribution in [3.8, 4) is 5.75 Å². The van der Waals surface area contributed by atoms with Crippen LogP contribution in [0.3, 0.4) is 0 Å². The molecule has 2 aromatic carbocycles. The molecule has 9 heteroatoms. The normalized spacial score (nSPS) is 17.9. The van der Waals surface area contributed by atoms with E-state index in [4.69, 9.17) is 0 Å². The molecular weight excluding hydrogens is 493 g/mol. The van der Waals surface area contributed by atoms with Crippen LogP contribution in [0.4, 0.5) is 24.5 Å². The molecule has 2 aliphatic heterocycles. The summed E-state index contributed by atoms with van der Waals surface area (Å²) in [5, 5.41) is 3.35. The van der Waals surface area contributed by atoms with Crippen LogP contribution in [0, 0.1) is 0 Å². The number of halogens is 3. The number of alkyl halides is 3. The number of nitrogens with one attached hydrogen (secondary N) is 1. The number of anilines is 2. The van der Waals surface area contributed by atoms with Gasteiger partial charge in [-0.1, -0.05) is 32.9 Å². The van der Waals surface area contributed by atoms with Crippen molar-refractivity contribution in [2.24, 2.45) is 0 Å². The third-order valence-electron chi connectivity index (χ3n) is 7.42. The number of piperazine rings is 1. The van der Waals surface area contributed by atoms with E-state index in [1.807, 2.05) is 4.90 Å². The van der Waals surface area contributed by atoms with E-state index in [0.29, 0.717) is 19.5 Å². The van der Waals surface area contributed by atoms with Crippen molar-refractivity contribution in [2.45, 2.75) is 57.9 Å². The van der Waals surface area contributed by atoms with Crippen molar-refractivity contribution in [1.29, 1.82) is 0 Å². The van der Waals surface area contributed by atoms with E-state index >= 15 is 0 Å². The Labute approximate surface area is 223 Å². The first-order valence-corrected chi connectivity index (χ1v) is 13.4. The summed E-state index contributed by atoms with van der Waals surface area (Å²) in [6.45, 7) is 12.7. The number of carbonyl (C=O) groups is 1. The highest BCUT2D eigenvalue weighted by atomic mass is 19.4. The lowest BCUT2D eigenvalue weighted by molar-refractivity contribution is -0.274. The van der Waals surface area contributed by atoms with Gasteiger partial charge < -0.3 is 19.9 Å². The number of hydrogen-bond acceptors (Lipinski definition) is 5. The van der Waals surface area contributed by atoms with Crippen LogP contribution in [0.5, 0.6) is 5.75 Å². The van der Waals surface area contributed by atoms with Crippen LogP contribution in [0.2, 0.25) is 0 Å². The fourth-order valence-electron chi connectivity index (χ4n) is 5.08. The summed E-state index contributed by atoms with van der Waals surface area (Å²) in [5.41, 5.74) is 3.50. The summed E-state index contributed by atoms with van der Waals surface area (Å²) in [5.74, 6) is -0.0445. The van der Waals surface area contributed by atoms with Gasteiger partial charge in [0, 0.05) is 69.7 Å². The summed E-state index contributed by atoms with van der Waals surface area (Å²) >= 11 is 0. The van der Waals surface area contributed by atoms with E-state index in [2.05, 4.69) is 64.9 Å². The molecule has 0 spiro atoms. The third-order valence-corrected chi connectivity index (χ3v) is 7.42. The van der Waals surface area contributed by atoms with Crippen molar-refractivity contribution in [2.75, 3.05) is 56.0 Å². The molecule has 1 N–H and O–H groups in total. The first-order chi connectivity index (χ1) is 18.0. The molecule has 38 heavy (non-hydrogen) atoms. The second-order valence-electron chi connectivity index (χ2n) is 11.2. The number of benzene rings is 2. The molecule has 6 nitrogen and oxygen atoms in total. The number of ether oxygens (including phenoxy) is 1. The summed E-state index contributed by atoms with van der Waals surface area (Å²) in [6, 6.07) is 14.8. The zero-order valence-corrected chi connectivity index (χ0v) is 22.6. The van der Waals surface area contributed by atoms with Gasteiger partial charge in [0.1, 0.15) is 5.75 Å². The number of likely N-dealkylation sites (tertiary alicyclic amines) is 1. The third kappa shape index (κ3) is 8.03. The van der Waals surface area contributed by atoms with Gasteiger partial charge in [0.05, 0.1) is 0 Å². The number of rotatable bonds is 7. The Hall–Kier alpha value is -2.94. The van der Waals surface area contributed by atoms with E-state index in [1.54, 1.807) is 12.1 Å². The Balaban J connectivity index is 1.14. The average molecular weight is 533 g/mol. The van der Waals surface area contributed by atoms with Gasteiger partial charge in [-0.15, -0.1) is 13.2 Å². The highest BCUT2D eigenvalue weighted by Gasteiger charge is 2.31. The maximum Gasteiger partial charge on any atom is 0.573 e. The molecule has 2 aromatic rings. The lowest BCUT2D eigenvalue weighted by Gasteiger charge is -2.37. The van der Waals surface area contributed by atoms with Gasteiger partial charge in [0.15, 0.2) is 0 Å². The molecule has 0 radical (unpaired) electrons. The first-order valence-electron chi connectivity index (χ1n) is 13.4. The molecule has 2 saturated heterocycles. The smallest absolute Gasteiger partial charge is 0.406 e. The zero-order chi connectivity index (χ0) is 27.3. The highest BCUT2D eigenvalue weighted by molar-refractivity contribution is 5.76. The van der Waals surface area contributed by atoms with Crippen molar-refractivity contribution >= 4 is 17.3 Å². The summed E-state index contributed by atoms with van der Waals surface area (Å²) < 4.78 is 40.9. The average Bonchev–Trinajstić information content (AvgIpc) is 2.88. The fraction of sp³-hybridized carbons (Fsp3) is 0.552. The molecule has 2 aliphatic rings. The molecule has 2 fully saturated rings. The number of carbonyl (C=O) groups excluding carboxylic acids is 1. The molecule has 2 heterocycles. The molecule has 0 unspecified atom stereocenters. The topological polar surface area (TPSA) is 48.0 Å². The van der Waals surface area contributed by atoms with Gasteiger partial charge >= 0.3 is 6.36 Å². The Morgan fingerprint density at radius 1 is 0.895 bits per heavy atom. The SMILES string of the molecule is CC(C)(C)c1ccc(N2CCN(CCC(=O)N3CCC(Nc4ccc(OC(F)(F)F)cc4)CC3)CC2)cc1. The van der Waals surface area contributed by atoms with Crippen LogP contribution in [-0.2, 0) is 10.2 Å². The second kappa shape index (κ2) is 11.8. The van der Waals surface area contributed by atoms with E-state index in [1.165, 1.54) is 23.4 Å². The number of amides is 1. The Kier molecular flexibility index (Phi) is 8.75. The minimum atomic E-state index is -4.69. The summed E-state index contributed by atoms with van der Waals surface area (Å²) in [7, 11) is 0. The van der Waals surface area contributed by atoms with Crippen LogP contribution < -0.4 is 15.0 Å². The lowest BCUT2D eigenvalue weighted by atomic mass is 9.87. The van der Waals surface area contributed by atoms with Crippen LogP contribution in [0.25, 0.3) is 0 Å². The van der Waals surface area contributed by atoms with Gasteiger partial charge in [0.25, 0.3) is 0 Å². The molecule has 4 rings (SSSR count). The van der Waals surface area contributed by atoms with Gasteiger partial charge in [-0.3, -0.25) is 9.69 Å². The molecule has 0 saturated carbocycles. The Morgan fingerprint density at radius 3 is 2.05 bits per heavy atom. The van der Waals surface area contributed by atoms with Crippen molar-refractivity contribution in [1.82, 2.24) is 9.80 Å². The fourth-order valence-corrected chi connectivity index (χ4v) is 5.08. The van der Waals surface area contributed by atoms with Crippen LogP contribution in [0.15, 0.2) is 48.5 Å². The number of piperidine rings is 1. The predicted molar refractivity (Wildman–Crippen MR) is 145 cm³/mol. The summed E-state index contributed by atoms with van der Waals surface area (Å²) in [6.07, 6.45) is -2.56. The molecule has 0 atom stereocenters. The van der Waals surface area contributed by atoms with E-state index in [0.717, 1.165) is 51.3 Å². The van der Waals surface area contributed by atoms with Gasteiger partial charge in [-0.2, -0.15) is 0 Å². The molecule has 0 aromatic heterocycles. The van der Waals surface area contributed by atoms with Crippen molar-refractivity contribution in [3.05, 3.63) is 54.1 Å². The summed E-state index contributed by atoms with van der Waals surface area (Å²) in [4.78, 5) is 19.5. The number of nitrogens with zero attached hydrogens (tertiary/aromatic N) is 3. The lowest BCUT2D eigenvalue weighted by Crippen LogP contribution is -2.48. The van der Waals surface area contributed by atoms with Crippen LogP contribution >= 0.6 is 0 Å². The van der Waals surface area contributed by atoms with Gasteiger partial charge in [0.2, 0.25) is 5.91 Å². The second-order valence-corrected chi connectivity index (χ2v) is 11.2. The quantitative estimate of drug-likeness (QED) is 0.511. The van der Waals surface area contributed by atoms with E-state index < -0.39 is 6.36 Å². The largest absolute Gasteiger partial charge is 0.573 e. The Bertz CT molecular complexity index is 1040. The molecule has 0 aliphatic carbocycles.